The van der Waals surface area contributed by atoms with Crippen LogP contribution in [0.4, 0.5) is 5.69 Å². The van der Waals surface area contributed by atoms with Gasteiger partial charge in [-0.25, -0.2) is 0 Å². The topological polar surface area (TPSA) is 52.5 Å². The second-order valence-corrected chi connectivity index (χ2v) is 8.14. The van der Waals surface area contributed by atoms with Crippen LogP contribution in [0.2, 0.25) is 0 Å². The third-order valence-electron chi connectivity index (χ3n) is 5.84. The highest BCUT2D eigenvalue weighted by Gasteiger charge is 2.53. The van der Waals surface area contributed by atoms with Gasteiger partial charge < -0.3 is 19.4 Å². The summed E-state index contributed by atoms with van der Waals surface area (Å²) in [6, 6.07) is 14.2. The monoisotopic (exact) mass is 394 g/mol. The van der Waals surface area contributed by atoms with E-state index in [9.17, 15) is 4.79 Å². The molecule has 6 nitrogen and oxygen atoms in total. The molecule has 0 bridgehead atoms. The Hall–Kier alpha value is -2.67. The SMILES string of the molecule is CNCn1ccc2c(COC3(C=O)C[N+](C)(C)c4cccc(OC)c43)cccc21. The maximum absolute atomic E-state index is 12.4. The minimum Gasteiger partial charge on any atom is -0.496 e. The molecule has 4 rings (SSSR count). The molecule has 0 saturated heterocycles. The first-order valence-corrected chi connectivity index (χ1v) is 9.78. The van der Waals surface area contributed by atoms with Crippen molar-refractivity contribution in [2.24, 2.45) is 0 Å². The zero-order chi connectivity index (χ0) is 20.6. The molecule has 0 saturated carbocycles. The molecule has 1 aliphatic heterocycles. The molecule has 0 amide bonds. The van der Waals surface area contributed by atoms with Gasteiger partial charge >= 0.3 is 0 Å². The van der Waals surface area contributed by atoms with Gasteiger partial charge in [0.25, 0.3) is 0 Å². The van der Waals surface area contributed by atoms with Crippen molar-refractivity contribution in [1.82, 2.24) is 14.4 Å². The molecule has 3 aromatic rings. The van der Waals surface area contributed by atoms with Crippen molar-refractivity contribution in [2.75, 3.05) is 34.8 Å². The van der Waals surface area contributed by atoms with Crippen molar-refractivity contribution in [3.63, 3.8) is 0 Å². The number of carbonyl (C=O) groups is 1. The number of hydrogen-bond donors (Lipinski definition) is 1. The van der Waals surface area contributed by atoms with Crippen LogP contribution in [0.25, 0.3) is 10.9 Å². The molecule has 1 aliphatic rings. The molecule has 0 aliphatic carbocycles. The fraction of sp³-hybridized carbons (Fsp3) is 0.348. The summed E-state index contributed by atoms with van der Waals surface area (Å²) in [5.74, 6) is 0.691. The molecule has 1 aromatic heterocycles. The van der Waals surface area contributed by atoms with E-state index in [-0.39, 0.29) is 0 Å². The second kappa shape index (κ2) is 7.30. The summed E-state index contributed by atoms with van der Waals surface area (Å²) >= 11 is 0. The van der Waals surface area contributed by atoms with E-state index in [1.165, 1.54) is 0 Å². The van der Waals surface area contributed by atoms with Gasteiger partial charge in [0, 0.05) is 17.1 Å². The summed E-state index contributed by atoms with van der Waals surface area (Å²) in [6.07, 6.45) is 3.00. The van der Waals surface area contributed by atoms with Crippen LogP contribution < -0.4 is 14.5 Å². The highest BCUT2D eigenvalue weighted by molar-refractivity contribution is 5.84. The Balaban J connectivity index is 1.72. The minimum absolute atomic E-state index is 0.344. The van der Waals surface area contributed by atoms with E-state index in [0.717, 1.165) is 40.7 Å². The van der Waals surface area contributed by atoms with E-state index in [2.05, 4.69) is 48.4 Å². The average molecular weight is 394 g/mol. The van der Waals surface area contributed by atoms with Crippen molar-refractivity contribution in [2.45, 2.75) is 18.9 Å². The van der Waals surface area contributed by atoms with Gasteiger partial charge in [-0.2, -0.15) is 0 Å². The zero-order valence-electron chi connectivity index (χ0n) is 17.4. The Morgan fingerprint density at radius 2 is 2.00 bits per heavy atom. The lowest BCUT2D eigenvalue weighted by Gasteiger charge is -2.27. The first kappa shape index (κ1) is 19.6. The predicted octanol–water partition coefficient (Wildman–Crippen LogP) is 3.02. The number of rotatable bonds is 7. The van der Waals surface area contributed by atoms with E-state index in [1.807, 2.05) is 31.3 Å². The molecule has 152 valence electrons. The summed E-state index contributed by atoms with van der Waals surface area (Å²) in [6.45, 7) is 1.61. The minimum atomic E-state index is -1.04. The van der Waals surface area contributed by atoms with Gasteiger partial charge in [0.15, 0.2) is 6.29 Å². The van der Waals surface area contributed by atoms with Crippen LogP contribution in [0.5, 0.6) is 5.75 Å². The van der Waals surface area contributed by atoms with Crippen molar-refractivity contribution >= 4 is 22.9 Å². The van der Waals surface area contributed by atoms with E-state index in [4.69, 9.17) is 9.47 Å². The second-order valence-electron chi connectivity index (χ2n) is 8.14. The Labute approximate surface area is 171 Å². The molecule has 6 heteroatoms. The number of aromatic nitrogens is 1. The number of benzene rings is 2. The third-order valence-corrected chi connectivity index (χ3v) is 5.84. The third kappa shape index (κ3) is 3.13. The molecule has 1 unspecified atom stereocenters. The lowest BCUT2D eigenvalue weighted by molar-refractivity contribution is -0.134. The number of ether oxygens (including phenoxy) is 2. The first-order chi connectivity index (χ1) is 14.0. The van der Waals surface area contributed by atoms with Crippen molar-refractivity contribution < 1.29 is 14.3 Å². The van der Waals surface area contributed by atoms with E-state index in [1.54, 1.807) is 7.11 Å². The van der Waals surface area contributed by atoms with Gasteiger partial charge in [0.2, 0.25) is 5.60 Å². The maximum Gasteiger partial charge on any atom is 0.207 e. The van der Waals surface area contributed by atoms with Gasteiger partial charge in [-0.1, -0.05) is 18.2 Å². The van der Waals surface area contributed by atoms with Crippen LogP contribution in [0.3, 0.4) is 0 Å². The Kier molecular flexibility index (Phi) is 4.94. The number of fused-ring (bicyclic) bond motifs is 2. The molecule has 2 heterocycles. The lowest BCUT2D eigenvalue weighted by atomic mass is 9.96. The number of quaternary nitrogens is 1. The molecule has 0 fully saturated rings. The predicted molar refractivity (Wildman–Crippen MR) is 115 cm³/mol. The quantitative estimate of drug-likeness (QED) is 0.494. The zero-order valence-corrected chi connectivity index (χ0v) is 17.4. The van der Waals surface area contributed by atoms with Gasteiger partial charge in [-0.05, 0) is 36.9 Å². The van der Waals surface area contributed by atoms with Crippen LogP contribution >= 0.6 is 0 Å². The van der Waals surface area contributed by atoms with Crippen LogP contribution in [0.15, 0.2) is 48.7 Å². The molecule has 0 spiro atoms. The largest absolute Gasteiger partial charge is 0.496 e. The average Bonchev–Trinajstić information content (AvgIpc) is 3.24. The highest BCUT2D eigenvalue weighted by atomic mass is 16.5. The molecule has 1 atom stereocenters. The molecule has 1 N–H and O–H groups in total. The van der Waals surface area contributed by atoms with Crippen LogP contribution in [-0.2, 0) is 28.4 Å². The van der Waals surface area contributed by atoms with Crippen LogP contribution in [0, 0.1) is 0 Å². The molecule has 0 radical (unpaired) electrons. The smallest absolute Gasteiger partial charge is 0.207 e. The van der Waals surface area contributed by atoms with Crippen LogP contribution in [0.1, 0.15) is 11.1 Å². The molecular weight excluding hydrogens is 366 g/mol. The molecular formula is C23H28N3O3+. The number of likely N-dealkylation sites (N-methyl/N-ethyl adjacent to an activating group) is 1. The lowest BCUT2D eigenvalue weighted by Crippen LogP contribution is -2.46. The summed E-state index contributed by atoms with van der Waals surface area (Å²) in [5.41, 5.74) is 3.05. The summed E-state index contributed by atoms with van der Waals surface area (Å²) in [4.78, 5) is 12.4. The van der Waals surface area contributed by atoms with Gasteiger partial charge in [0.1, 0.15) is 18.0 Å². The fourth-order valence-electron chi connectivity index (χ4n) is 4.55. The highest BCUT2D eigenvalue weighted by Crippen LogP contribution is 2.48. The normalized spacial score (nSPS) is 20.0. The number of carbonyl (C=O) groups excluding carboxylic acids is 1. The van der Waals surface area contributed by atoms with E-state index < -0.39 is 5.60 Å². The molecule has 29 heavy (non-hydrogen) atoms. The fourth-order valence-corrected chi connectivity index (χ4v) is 4.55. The van der Waals surface area contributed by atoms with Crippen LogP contribution in [-0.4, -0.2) is 45.7 Å². The maximum atomic E-state index is 12.4. The molecule has 2 aromatic carbocycles. The van der Waals surface area contributed by atoms with Crippen molar-refractivity contribution in [3.8, 4) is 5.75 Å². The Morgan fingerprint density at radius 3 is 2.72 bits per heavy atom. The number of nitrogens with one attached hydrogen (secondary N) is 1. The Morgan fingerprint density at radius 1 is 1.21 bits per heavy atom. The van der Waals surface area contributed by atoms with E-state index in [0.29, 0.717) is 23.4 Å². The number of hydrogen-bond acceptors (Lipinski definition) is 4. The van der Waals surface area contributed by atoms with Gasteiger partial charge in [0.05, 0.1) is 40.0 Å². The Bertz CT molecular complexity index is 1060. The summed E-state index contributed by atoms with van der Waals surface area (Å²) in [5, 5.41) is 4.31. The van der Waals surface area contributed by atoms with Gasteiger partial charge in [-0.3, -0.25) is 9.28 Å². The number of methoxy groups -OCH3 is 1. The number of nitrogens with zero attached hydrogens (tertiary/aromatic N) is 2. The van der Waals surface area contributed by atoms with Gasteiger partial charge in [-0.15, -0.1) is 0 Å². The summed E-state index contributed by atoms with van der Waals surface area (Å²) in [7, 11) is 7.74. The first-order valence-electron chi connectivity index (χ1n) is 9.78. The summed E-state index contributed by atoms with van der Waals surface area (Å²) < 4.78 is 14.7. The van der Waals surface area contributed by atoms with Crippen molar-refractivity contribution in [3.05, 3.63) is 59.8 Å². The van der Waals surface area contributed by atoms with E-state index >= 15 is 0 Å². The van der Waals surface area contributed by atoms with Crippen molar-refractivity contribution in [1.29, 1.82) is 0 Å². The standard InChI is InChI=1S/C23H28N3O3/c1-24-16-25-12-11-18-17(7-5-8-19(18)25)13-29-23(15-27)14-26(2,3)20-9-6-10-21(28-4)22(20)23/h5-12,15,24H,13-14,16H2,1-4H3/q+1. The number of aldehydes is 1.